The van der Waals surface area contributed by atoms with E-state index in [9.17, 15) is 13.9 Å². The zero-order chi connectivity index (χ0) is 25.5. The van der Waals surface area contributed by atoms with Crippen molar-refractivity contribution in [3.05, 3.63) is 54.2 Å². The summed E-state index contributed by atoms with van der Waals surface area (Å²) < 4.78 is 41.1. The van der Waals surface area contributed by atoms with Crippen molar-refractivity contribution in [3.63, 3.8) is 0 Å². The van der Waals surface area contributed by atoms with Gasteiger partial charge in [-0.3, -0.25) is 9.67 Å². The van der Waals surface area contributed by atoms with Crippen molar-refractivity contribution in [2.75, 3.05) is 18.5 Å². The van der Waals surface area contributed by atoms with Crippen molar-refractivity contribution in [2.24, 2.45) is 0 Å². The number of nitrogens with zero attached hydrogens (tertiary/aromatic N) is 4. The molecule has 8 nitrogen and oxygen atoms in total. The first-order valence-electron chi connectivity index (χ1n) is 13.0. The Morgan fingerprint density at radius 3 is 2.51 bits per heavy atom. The van der Waals surface area contributed by atoms with E-state index in [1.54, 1.807) is 24.5 Å². The molecule has 196 valence electrons. The average Bonchev–Trinajstić information content (AvgIpc) is 3.66. The van der Waals surface area contributed by atoms with E-state index in [1.165, 1.54) is 0 Å². The molecule has 0 radical (unpaired) electrons. The maximum Gasteiger partial charge on any atom is 0.248 e. The summed E-state index contributed by atoms with van der Waals surface area (Å²) in [5.41, 5.74) is 1.11. The Morgan fingerprint density at radius 1 is 1.00 bits per heavy atom. The predicted octanol–water partition coefficient (Wildman–Crippen LogP) is 5.83. The highest BCUT2D eigenvalue weighted by Crippen LogP contribution is 2.45. The molecule has 37 heavy (non-hydrogen) atoms. The fourth-order valence-electron chi connectivity index (χ4n) is 5.14. The monoisotopic (exact) mass is 511 g/mol. The molecule has 1 saturated heterocycles. The molecule has 3 aromatic heterocycles. The van der Waals surface area contributed by atoms with Crippen molar-refractivity contribution < 1.29 is 23.4 Å². The minimum atomic E-state index is -2.59. The number of pyridine rings is 2. The summed E-state index contributed by atoms with van der Waals surface area (Å²) in [5, 5.41) is 19.0. The van der Waals surface area contributed by atoms with Crippen LogP contribution in [-0.2, 0) is 10.3 Å². The van der Waals surface area contributed by atoms with E-state index < -0.39 is 11.5 Å². The summed E-state index contributed by atoms with van der Waals surface area (Å²) in [6, 6.07) is 7.56. The van der Waals surface area contributed by atoms with Gasteiger partial charge in [-0.05, 0) is 43.9 Å². The van der Waals surface area contributed by atoms with E-state index in [0.717, 1.165) is 24.2 Å². The highest BCUT2D eigenvalue weighted by molar-refractivity contribution is 5.58. The van der Waals surface area contributed by atoms with Gasteiger partial charge in [-0.15, -0.1) is 0 Å². The topological polar surface area (TPSA) is 94.3 Å². The van der Waals surface area contributed by atoms with Crippen LogP contribution in [-0.4, -0.2) is 44.0 Å². The number of ether oxygens (including phenoxy) is 2. The molecule has 2 saturated carbocycles. The zero-order valence-electron chi connectivity index (χ0n) is 20.6. The first-order chi connectivity index (χ1) is 17.9. The Kier molecular flexibility index (Phi) is 6.32. The average molecular weight is 512 g/mol. The standard InChI is InChI=1S/C27H31F2N5O3/c28-27(29)7-3-18(4-8-27)25-22(17-34(33-25)20-1-2-20)37-21-6-12-31-24(16-21)32-19-5-11-30-23(15-19)26(35)9-13-36-14-10-26/h5-6,11-12,15-18,20,35H,1-4,7-10,13-14H2,(H,30,31,32). The Bertz CT molecular complexity index is 1250. The van der Waals surface area contributed by atoms with Gasteiger partial charge in [0.15, 0.2) is 5.75 Å². The summed E-state index contributed by atoms with van der Waals surface area (Å²) in [6.45, 7) is 0.999. The van der Waals surface area contributed by atoms with E-state index >= 15 is 0 Å². The summed E-state index contributed by atoms with van der Waals surface area (Å²) in [4.78, 5) is 8.80. The quantitative estimate of drug-likeness (QED) is 0.412. The van der Waals surface area contributed by atoms with Crippen LogP contribution >= 0.6 is 0 Å². The summed E-state index contributed by atoms with van der Waals surface area (Å²) in [6.07, 6.45) is 8.92. The maximum atomic E-state index is 13.8. The first-order valence-corrected chi connectivity index (χ1v) is 13.0. The molecule has 3 aliphatic rings. The molecule has 3 fully saturated rings. The van der Waals surface area contributed by atoms with Crippen LogP contribution in [0.4, 0.5) is 20.3 Å². The third kappa shape index (κ3) is 5.45. The lowest BCUT2D eigenvalue weighted by molar-refractivity contribution is -0.0705. The highest BCUT2D eigenvalue weighted by atomic mass is 19.3. The lowest BCUT2D eigenvalue weighted by atomic mass is 9.84. The molecule has 2 aliphatic carbocycles. The van der Waals surface area contributed by atoms with Crippen LogP contribution in [0.5, 0.6) is 11.5 Å². The number of aliphatic hydroxyl groups is 1. The summed E-state index contributed by atoms with van der Waals surface area (Å²) in [5.74, 6) is -0.864. The molecule has 0 bridgehead atoms. The van der Waals surface area contributed by atoms with Crippen molar-refractivity contribution in [3.8, 4) is 11.5 Å². The Balaban J connectivity index is 1.20. The molecule has 2 N–H and O–H groups in total. The predicted molar refractivity (Wildman–Crippen MR) is 132 cm³/mol. The van der Waals surface area contributed by atoms with Gasteiger partial charge >= 0.3 is 0 Å². The van der Waals surface area contributed by atoms with Crippen molar-refractivity contribution in [2.45, 2.75) is 74.8 Å². The van der Waals surface area contributed by atoms with E-state index in [1.807, 2.05) is 23.0 Å². The fraction of sp³-hybridized carbons (Fsp3) is 0.519. The van der Waals surface area contributed by atoms with Gasteiger partial charge in [-0.25, -0.2) is 13.8 Å². The van der Waals surface area contributed by atoms with Crippen molar-refractivity contribution in [1.29, 1.82) is 0 Å². The second-order valence-electron chi connectivity index (χ2n) is 10.4. The normalized spacial score (nSPS) is 21.5. The van der Waals surface area contributed by atoms with Crippen LogP contribution in [0.25, 0.3) is 0 Å². The Hall–Kier alpha value is -3.11. The fourth-order valence-corrected chi connectivity index (χ4v) is 5.14. The number of nitrogens with one attached hydrogen (secondary N) is 1. The van der Waals surface area contributed by atoms with Crippen LogP contribution in [0.15, 0.2) is 42.9 Å². The van der Waals surface area contributed by atoms with Gasteiger partial charge in [0.05, 0.1) is 17.9 Å². The van der Waals surface area contributed by atoms with Gasteiger partial charge in [-0.2, -0.15) is 5.10 Å². The van der Waals surface area contributed by atoms with E-state index in [0.29, 0.717) is 67.9 Å². The minimum absolute atomic E-state index is 0.0414. The summed E-state index contributed by atoms with van der Waals surface area (Å²) >= 11 is 0. The van der Waals surface area contributed by atoms with Crippen LogP contribution in [0, 0.1) is 0 Å². The van der Waals surface area contributed by atoms with Gasteiger partial charge in [0.2, 0.25) is 5.92 Å². The number of halogens is 2. The van der Waals surface area contributed by atoms with Crippen LogP contribution < -0.4 is 10.1 Å². The zero-order valence-corrected chi connectivity index (χ0v) is 20.6. The SMILES string of the molecule is OC1(c2cc(Nc3cc(Oc4cn(C5CC5)nc4C4CCC(F)(F)CC4)ccn3)ccn2)CCOCC1. The van der Waals surface area contributed by atoms with Gasteiger partial charge < -0.3 is 19.9 Å². The largest absolute Gasteiger partial charge is 0.454 e. The second kappa shape index (κ2) is 9.64. The smallest absolute Gasteiger partial charge is 0.248 e. The molecule has 0 atom stereocenters. The van der Waals surface area contributed by atoms with Crippen LogP contribution in [0.3, 0.4) is 0 Å². The maximum absolute atomic E-state index is 13.8. The molecule has 0 unspecified atom stereocenters. The molecule has 4 heterocycles. The van der Waals surface area contributed by atoms with Gasteiger partial charge in [0.25, 0.3) is 0 Å². The number of alkyl halides is 2. The van der Waals surface area contributed by atoms with Crippen molar-refractivity contribution in [1.82, 2.24) is 19.7 Å². The molecule has 3 aromatic rings. The van der Waals surface area contributed by atoms with E-state index in [4.69, 9.17) is 14.6 Å². The molecule has 6 rings (SSSR count). The molecular weight excluding hydrogens is 480 g/mol. The third-order valence-corrected chi connectivity index (χ3v) is 7.54. The van der Waals surface area contributed by atoms with Crippen LogP contribution in [0.2, 0.25) is 0 Å². The lowest BCUT2D eigenvalue weighted by Crippen LogP contribution is -2.34. The third-order valence-electron chi connectivity index (χ3n) is 7.54. The van der Waals surface area contributed by atoms with Crippen LogP contribution in [0.1, 0.15) is 74.7 Å². The highest BCUT2D eigenvalue weighted by Gasteiger charge is 2.38. The lowest BCUT2D eigenvalue weighted by Gasteiger charge is -2.31. The molecule has 0 aromatic carbocycles. The Labute approximate surface area is 214 Å². The van der Waals surface area contributed by atoms with Gasteiger partial charge in [0, 0.05) is 69.0 Å². The molecule has 10 heteroatoms. The first kappa shape index (κ1) is 24.2. The van der Waals surface area contributed by atoms with E-state index in [-0.39, 0.29) is 18.8 Å². The molecule has 0 amide bonds. The van der Waals surface area contributed by atoms with Gasteiger partial charge in [0.1, 0.15) is 22.9 Å². The number of rotatable bonds is 7. The summed E-state index contributed by atoms with van der Waals surface area (Å²) in [7, 11) is 0. The molecule has 1 aliphatic heterocycles. The van der Waals surface area contributed by atoms with E-state index in [2.05, 4.69) is 15.3 Å². The van der Waals surface area contributed by atoms with Crippen molar-refractivity contribution >= 4 is 11.5 Å². The number of aromatic nitrogens is 4. The molecule has 0 spiro atoms. The number of hydrogen-bond donors (Lipinski definition) is 2. The second-order valence-corrected chi connectivity index (χ2v) is 10.4. The van der Waals surface area contributed by atoms with Gasteiger partial charge in [-0.1, -0.05) is 0 Å². The molecular formula is C27H31F2N5O3. The minimum Gasteiger partial charge on any atom is -0.454 e. The Morgan fingerprint density at radius 2 is 1.76 bits per heavy atom. The number of hydrogen-bond acceptors (Lipinski definition) is 7. The number of anilines is 2.